The normalized spacial score (nSPS) is 23.7. The molecule has 0 aromatic rings. The lowest BCUT2D eigenvalue weighted by Gasteiger charge is -2.34. The topological polar surface area (TPSA) is 35.5 Å². The smallest absolute Gasteiger partial charge is 0.382 e. The molecule has 1 aliphatic heterocycles. The van der Waals surface area contributed by atoms with Crippen LogP contribution in [0.15, 0.2) is 0 Å². The van der Waals surface area contributed by atoms with Gasteiger partial charge in [-0.15, -0.1) is 0 Å². The Labute approximate surface area is 106 Å². The molecular weight excluding hydrogens is 245 g/mol. The van der Waals surface area contributed by atoms with Crippen LogP contribution in [0, 0.1) is 5.92 Å². The van der Waals surface area contributed by atoms with E-state index >= 15 is 0 Å². The molecule has 3 nitrogen and oxygen atoms in total. The van der Waals surface area contributed by atoms with Crippen molar-refractivity contribution in [2.24, 2.45) is 5.92 Å². The fraction of sp³-hybridized carbons (Fsp3) is 1.00. The Morgan fingerprint density at radius 3 is 2.50 bits per heavy atom. The van der Waals surface area contributed by atoms with Crippen LogP contribution in [-0.4, -0.2) is 54.5 Å². The van der Waals surface area contributed by atoms with Gasteiger partial charge in [0.15, 0.2) is 6.10 Å². The van der Waals surface area contributed by atoms with Gasteiger partial charge in [-0.25, -0.2) is 0 Å². The standard InChI is InChI=1S/C12H23F3N2O/c1-9(2)17(8-11(18)12(13,14)15)7-10-4-3-5-16-6-10/h9-11,16,18H,3-8H2,1-2H3. The predicted octanol–water partition coefficient (Wildman–Crippen LogP) is 1.62. The zero-order valence-corrected chi connectivity index (χ0v) is 11.0. The van der Waals surface area contributed by atoms with Crippen molar-refractivity contribution >= 4 is 0 Å². The largest absolute Gasteiger partial charge is 0.415 e. The Hall–Kier alpha value is -0.330. The molecule has 1 heterocycles. The number of nitrogens with one attached hydrogen (secondary N) is 1. The molecule has 0 aromatic carbocycles. The van der Waals surface area contributed by atoms with Crippen LogP contribution < -0.4 is 5.32 Å². The molecule has 2 atom stereocenters. The van der Waals surface area contributed by atoms with Gasteiger partial charge in [-0.3, -0.25) is 4.90 Å². The second kappa shape index (κ2) is 6.73. The van der Waals surface area contributed by atoms with Crippen molar-refractivity contribution in [3.63, 3.8) is 0 Å². The fourth-order valence-corrected chi connectivity index (χ4v) is 2.23. The summed E-state index contributed by atoms with van der Waals surface area (Å²) in [7, 11) is 0. The van der Waals surface area contributed by atoms with E-state index in [0.717, 1.165) is 25.9 Å². The van der Waals surface area contributed by atoms with E-state index in [1.807, 2.05) is 13.8 Å². The van der Waals surface area contributed by atoms with Crippen molar-refractivity contribution in [2.75, 3.05) is 26.2 Å². The quantitative estimate of drug-likeness (QED) is 0.795. The lowest BCUT2D eigenvalue weighted by atomic mass is 9.98. The van der Waals surface area contributed by atoms with Crippen molar-refractivity contribution in [3.8, 4) is 0 Å². The van der Waals surface area contributed by atoms with Crippen LogP contribution in [0.3, 0.4) is 0 Å². The van der Waals surface area contributed by atoms with Crippen LogP contribution in [0.4, 0.5) is 13.2 Å². The van der Waals surface area contributed by atoms with Crippen LogP contribution in [0.1, 0.15) is 26.7 Å². The number of hydrogen-bond donors (Lipinski definition) is 2. The first-order valence-electron chi connectivity index (χ1n) is 6.50. The molecule has 1 fully saturated rings. The van der Waals surface area contributed by atoms with Crippen molar-refractivity contribution in [3.05, 3.63) is 0 Å². The van der Waals surface area contributed by atoms with Crippen LogP contribution >= 0.6 is 0 Å². The monoisotopic (exact) mass is 268 g/mol. The van der Waals surface area contributed by atoms with Crippen molar-refractivity contribution in [2.45, 2.75) is 45.0 Å². The highest BCUT2D eigenvalue weighted by Crippen LogP contribution is 2.22. The highest BCUT2D eigenvalue weighted by Gasteiger charge is 2.39. The number of hydrogen-bond acceptors (Lipinski definition) is 3. The Morgan fingerprint density at radius 2 is 2.06 bits per heavy atom. The first kappa shape index (κ1) is 15.7. The van der Waals surface area contributed by atoms with Crippen molar-refractivity contribution in [1.29, 1.82) is 0 Å². The minimum Gasteiger partial charge on any atom is -0.382 e. The second-order valence-corrected chi connectivity index (χ2v) is 5.32. The van der Waals surface area contributed by atoms with Crippen LogP contribution in [0.5, 0.6) is 0 Å². The van der Waals surface area contributed by atoms with E-state index in [-0.39, 0.29) is 12.6 Å². The second-order valence-electron chi connectivity index (χ2n) is 5.32. The molecule has 0 spiro atoms. The van der Waals surface area contributed by atoms with E-state index in [2.05, 4.69) is 5.32 Å². The molecule has 0 saturated carbocycles. The third kappa shape index (κ3) is 5.12. The molecule has 0 aliphatic carbocycles. The van der Waals surface area contributed by atoms with E-state index in [1.165, 1.54) is 0 Å². The number of halogens is 3. The third-order valence-corrected chi connectivity index (χ3v) is 3.41. The molecule has 0 aromatic heterocycles. The summed E-state index contributed by atoms with van der Waals surface area (Å²) in [5.41, 5.74) is 0. The summed E-state index contributed by atoms with van der Waals surface area (Å²) in [5.74, 6) is 0.376. The number of aliphatic hydroxyl groups is 1. The van der Waals surface area contributed by atoms with E-state index in [4.69, 9.17) is 5.11 Å². The van der Waals surface area contributed by atoms with Crippen LogP contribution in [0.25, 0.3) is 0 Å². The maximum absolute atomic E-state index is 12.4. The fourth-order valence-electron chi connectivity index (χ4n) is 2.23. The summed E-state index contributed by atoms with van der Waals surface area (Å²) in [6.45, 7) is 5.84. The molecule has 1 aliphatic rings. The molecule has 1 rings (SSSR count). The number of piperidine rings is 1. The van der Waals surface area contributed by atoms with Gasteiger partial charge in [-0.1, -0.05) is 0 Å². The van der Waals surface area contributed by atoms with Crippen LogP contribution in [-0.2, 0) is 0 Å². The number of alkyl halides is 3. The van der Waals surface area contributed by atoms with Gasteiger partial charge in [-0.2, -0.15) is 13.2 Å². The zero-order chi connectivity index (χ0) is 13.8. The summed E-state index contributed by atoms with van der Waals surface area (Å²) in [6, 6.07) is 0.00364. The first-order valence-corrected chi connectivity index (χ1v) is 6.50. The summed E-state index contributed by atoms with van der Waals surface area (Å²) in [4.78, 5) is 1.72. The van der Waals surface area contributed by atoms with E-state index in [1.54, 1.807) is 4.90 Å². The highest BCUT2D eigenvalue weighted by molar-refractivity contribution is 4.78. The van der Waals surface area contributed by atoms with Crippen molar-refractivity contribution < 1.29 is 18.3 Å². The van der Waals surface area contributed by atoms with Gasteiger partial charge in [-0.05, 0) is 45.7 Å². The lowest BCUT2D eigenvalue weighted by Crippen LogP contribution is -2.47. The van der Waals surface area contributed by atoms with Gasteiger partial charge in [0.05, 0.1) is 0 Å². The maximum Gasteiger partial charge on any atom is 0.415 e. The van der Waals surface area contributed by atoms with Gasteiger partial charge in [0.1, 0.15) is 0 Å². The molecule has 108 valence electrons. The Balaban J connectivity index is 2.49. The van der Waals surface area contributed by atoms with Crippen molar-refractivity contribution in [1.82, 2.24) is 10.2 Å². The zero-order valence-electron chi connectivity index (χ0n) is 11.0. The van der Waals surface area contributed by atoms with E-state index in [9.17, 15) is 13.2 Å². The molecule has 2 unspecified atom stereocenters. The lowest BCUT2D eigenvalue weighted by molar-refractivity contribution is -0.209. The molecule has 6 heteroatoms. The Kier molecular flexibility index (Phi) is 5.88. The number of aliphatic hydroxyl groups excluding tert-OH is 1. The minimum absolute atomic E-state index is 0.00364. The number of nitrogens with zero attached hydrogens (tertiary/aromatic N) is 1. The molecule has 0 radical (unpaired) electrons. The van der Waals surface area contributed by atoms with Crippen LogP contribution in [0.2, 0.25) is 0 Å². The highest BCUT2D eigenvalue weighted by atomic mass is 19.4. The average Bonchev–Trinajstić information content (AvgIpc) is 2.28. The van der Waals surface area contributed by atoms with E-state index in [0.29, 0.717) is 12.5 Å². The summed E-state index contributed by atoms with van der Waals surface area (Å²) >= 11 is 0. The Morgan fingerprint density at radius 1 is 1.39 bits per heavy atom. The predicted molar refractivity (Wildman–Crippen MR) is 64.4 cm³/mol. The third-order valence-electron chi connectivity index (χ3n) is 3.41. The SMILES string of the molecule is CC(C)N(CC1CCCNC1)CC(O)C(F)(F)F. The minimum atomic E-state index is -4.53. The average molecular weight is 268 g/mol. The summed E-state index contributed by atoms with van der Waals surface area (Å²) in [6.07, 6.45) is -4.68. The summed E-state index contributed by atoms with van der Waals surface area (Å²) < 4.78 is 37.1. The molecule has 0 bridgehead atoms. The molecular formula is C12H23F3N2O. The number of rotatable bonds is 5. The molecule has 2 N–H and O–H groups in total. The molecule has 0 amide bonds. The van der Waals surface area contributed by atoms with Gasteiger partial charge >= 0.3 is 6.18 Å². The van der Waals surface area contributed by atoms with Gasteiger partial charge < -0.3 is 10.4 Å². The van der Waals surface area contributed by atoms with E-state index < -0.39 is 12.3 Å². The van der Waals surface area contributed by atoms with Gasteiger partial charge in [0.2, 0.25) is 0 Å². The van der Waals surface area contributed by atoms with Gasteiger partial charge in [0.25, 0.3) is 0 Å². The summed E-state index contributed by atoms with van der Waals surface area (Å²) in [5, 5.41) is 12.4. The Bertz CT molecular complexity index is 240. The molecule has 18 heavy (non-hydrogen) atoms. The molecule has 1 saturated heterocycles. The van der Waals surface area contributed by atoms with Gasteiger partial charge in [0, 0.05) is 19.1 Å². The maximum atomic E-state index is 12.4. The first-order chi connectivity index (χ1) is 8.30.